The first kappa shape index (κ1) is 19.7. The van der Waals surface area contributed by atoms with E-state index in [1.807, 2.05) is 0 Å². The fraction of sp³-hybridized carbons (Fsp3) is 0.0526. The van der Waals surface area contributed by atoms with Crippen LogP contribution in [0.5, 0.6) is 0 Å². The normalized spacial score (nSPS) is 11.0. The van der Waals surface area contributed by atoms with Crippen molar-refractivity contribution in [1.29, 1.82) is 0 Å². The van der Waals surface area contributed by atoms with Crippen molar-refractivity contribution in [1.82, 2.24) is 20.0 Å². The molecule has 0 aliphatic rings. The van der Waals surface area contributed by atoms with Crippen molar-refractivity contribution in [2.45, 2.75) is 6.92 Å². The second-order valence-electron chi connectivity index (χ2n) is 6.37. The van der Waals surface area contributed by atoms with E-state index in [1.54, 1.807) is 25.1 Å². The number of aryl methyl sites for hydroxylation is 1. The number of carboxylic acids is 1. The van der Waals surface area contributed by atoms with Gasteiger partial charge < -0.3 is 5.11 Å². The minimum atomic E-state index is -1.29. The van der Waals surface area contributed by atoms with Crippen LogP contribution in [0.15, 0.2) is 42.5 Å². The lowest BCUT2D eigenvalue weighted by molar-refractivity contribution is -0.384. The van der Waals surface area contributed by atoms with Crippen LogP contribution in [0.4, 0.5) is 5.69 Å². The van der Waals surface area contributed by atoms with E-state index in [-0.39, 0.29) is 17.1 Å². The zero-order valence-electron chi connectivity index (χ0n) is 15.2. The highest BCUT2D eigenvalue weighted by atomic mass is 35.5. The number of carbonyl (C=O) groups is 1. The molecule has 0 saturated heterocycles. The zero-order chi connectivity index (χ0) is 21.6. The van der Waals surface area contributed by atoms with Crippen molar-refractivity contribution >= 4 is 45.8 Å². The van der Waals surface area contributed by atoms with Crippen molar-refractivity contribution in [3.05, 3.63) is 74.0 Å². The molecular weight excluding hydrogens is 433 g/mol. The molecule has 0 saturated carbocycles. The number of nitro groups is 1. The van der Waals surface area contributed by atoms with Crippen LogP contribution in [0, 0.1) is 17.0 Å². The number of nitrogens with zero attached hydrogens (tertiary/aromatic N) is 5. The third-order valence-electron chi connectivity index (χ3n) is 4.39. The number of pyridine rings is 1. The number of hydrogen-bond donors (Lipinski definition) is 1. The average Bonchev–Trinajstić information content (AvgIpc) is 3.12. The van der Waals surface area contributed by atoms with Crippen molar-refractivity contribution < 1.29 is 14.8 Å². The molecular formula is C19H11Cl2N5O4. The fourth-order valence-corrected chi connectivity index (χ4v) is 3.74. The highest BCUT2D eigenvalue weighted by molar-refractivity contribution is 6.39. The third-order valence-corrected chi connectivity index (χ3v) is 4.90. The van der Waals surface area contributed by atoms with Gasteiger partial charge in [-0.05, 0) is 37.3 Å². The van der Waals surface area contributed by atoms with Crippen molar-refractivity contribution in [3.63, 3.8) is 0 Å². The number of benzene rings is 2. The second-order valence-corrected chi connectivity index (χ2v) is 7.22. The number of non-ortho nitro benzene ring substituents is 1. The summed E-state index contributed by atoms with van der Waals surface area (Å²) in [6, 6.07) is 10.3. The van der Waals surface area contributed by atoms with E-state index in [0.29, 0.717) is 37.9 Å². The third kappa shape index (κ3) is 3.34. The molecule has 2 aromatic carbocycles. The van der Waals surface area contributed by atoms with Crippen LogP contribution >= 0.6 is 23.2 Å². The van der Waals surface area contributed by atoms with Gasteiger partial charge in [0.05, 0.1) is 21.2 Å². The maximum absolute atomic E-state index is 11.8. The molecule has 150 valence electrons. The van der Waals surface area contributed by atoms with Crippen LogP contribution in [-0.2, 0) is 0 Å². The Bertz CT molecular complexity index is 1330. The standard InChI is InChI=1S/C19H11Cl2N5O4/c1-9-6-15(16-13(21)7-11(20)8-14(16)22-9)25-18(17(19(27)28)23-24-25)10-2-4-12(5-3-10)26(29)30/h2-8H,1H3,(H,27,28). The second kappa shape index (κ2) is 7.36. The first-order valence-corrected chi connectivity index (χ1v) is 9.22. The summed E-state index contributed by atoms with van der Waals surface area (Å²) in [5.41, 5.74) is 1.68. The summed E-state index contributed by atoms with van der Waals surface area (Å²) in [6.45, 7) is 1.76. The molecule has 4 aromatic rings. The molecule has 0 unspecified atom stereocenters. The SMILES string of the molecule is Cc1cc(-n2nnc(C(=O)O)c2-c2ccc([N+](=O)[O-])cc2)c2c(Cl)cc(Cl)cc2n1. The molecule has 0 amide bonds. The van der Waals surface area contributed by atoms with Gasteiger partial charge in [-0.15, -0.1) is 5.10 Å². The summed E-state index contributed by atoms with van der Waals surface area (Å²) in [6.07, 6.45) is 0. The van der Waals surface area contributed by atoms with E-state index >= 15 is 0 Å². The number of aromatic nitrogens is 4. The van der Waals surface area contributed by atoms with Crippen molar-refractivity contribution in [2.24, 2.45) is 0 Å². The van der Waals surface area contributed by atoms with E-state index in [9.17, 15) is 20.0 Å². The van der Waals surface area contributed by atoms with E-state index in [4.69, 9.17) is 23.2 Å². The topological polar surface area (TPSA) is 124 Å². The van der Waals surface area contributed by atoms with Gasteiger partial charge in [0.2, 0.25) is 0 Å². The molecule has 9 nitrogen and oxygen atoms in total. The van der Waals surface area contributed by atoms with Gasteiger partial charge >= 0.3 is 5.97 Å². The molecule has 0 spiro atoms. The summed E-state index contributed by atoms with van der Waals surface area (Å²) in [5, 5.41) is 29.6. The fourth-order valence-electron chi connectivity index (χ4n) is 3.16. The van der Waals surface area contributed by atoms with E-state index in [1.165, 1.54) is 28.9 Å². The smallest absolute Gasteiger partial charge is 0.358 e. The molecule has 30 heavy (non-hydrogen) atoms. The highest BCUT2D eigenvalue weighted by Gasteiger charge is 2.24. The van der Waals surface area contributed by atoms with Crippen LogP contribution in [0.3, 0.4) is 0 Å². The molecule has 4 rings (SSSR count). The summed E-state index contributed by atoms with van der Waals surface area (Å²) < 4.78 is 1.33. The van der Waals surface area contributed by atoms with E-state index < -0.39 is 10.9 Å². The van der Waals surface area contributed by atoms with Crippen molar-refractivity contribution in [2.75, 3.05) is 0 Å². The lowest BCUT2D eigenvalue weighted by Crippen LogP contribution is -2.05. The Balaban J connectivity index is 2.04. The molecule has 0 fully saturated rings. The Morgan fingerprint density at radius 1 is 1.17 bits per heavy atom. The van der Waals surface area contributed by atoms with Crippen LogP contribution in [0.2, 0.25) is 10.0 Å². The van der Waals surface area contributed by atoms with Crippen LogP contribution in [0.1, 0.15) is 16.2 Å². The highest BCUT2D eigenvalue weighted by Crippen LogP contribution is 2.35. The Hall–Kier alpha value is -3.56. The Labute approximate surface area is 178 Å². The summed E-state index contributed by atoms with van der Waals surface area (Å²) in [4.78, 5) is 26.6. The van der Waals surface area contributed by atoms with Gasteiger partial charge in [0.25, 0.3) is 5.69 Å². The monoisotopic (exact) mass is 443 g/mol. The summed E-state index contributed by atoms with van der Waals surface area (Å²) in [7, 11) is 0. The van der Waals surface area contributed by atoms with Crippen LogP contribution in [-0.4, -0.2) is 36.0 Å². The lowest BCUT2D eigenvalue weighted by Gasteiger charge is -2.12. The van der Waals surface area contributed by atoms with Gasteiger partial charge in [-0.25, -0.2) is 9.48 Å². The van der Waals surface area contributed by atoms with Gasteiger partial charge in [-0.2, -0.15) is 0 Å². The number of nitro benzene ring substituents is 1. The lowest BCUT2D eigenvalue weighted by atomic mass is 10.1. The number of hydrogen-bond acceptors (Lipinski definition) is 6. The van der Waals surface area contributed by atoms with Gasteiger partial charge in [0.1, 0.15) is 5.69 Å². The first-order chi connectivity index (χ1) is 14.3. The number of rotatable bonds is 4. The molecule has 0 aliphatic carbocycles. The number of halogens is 2. The summed E-state index contributed by atoms with van der Waals surface area (Å²) >= 11 is 12.5. The molecule has 0 bridgehead atoms. The van der Waals surface area contributed by atoms with Gasteiger partial charge in [-0.3, -0.25) is 15.1 Å². The van der Waals surface area contributed by atoms with E-state index in [0.717, 1.165) is 0 Å². The maximum Gasteiger partial charge on any atom is 0.358 e. The minimum absolute atomic E-state index is 0.127. The number of carboxylic acid groups (broad SMARTS) is 1. The molecule has 1 N–H and O–H groups in total. The predicted octanol–water partition coefficient (Wildman–Crippen LogP) is 4.70. The Morgan fingerprint density at radius 3 is 2.50 bits per heavy atom. The van der Waals surface area contributed by atoms with E-state index in [2.05, 4.69) is 15.3 Å². The summed E-state index contributed by atoms with van der Waals surface area (Å²) in [5.74, 6) is -1.29. The molecule has 0 aliphatic heterocycles. The number of aromatic carboxylic acids is 1. The zero-order valence-corrected chi connectivity index (χ0v) is 16.7. The molecule has 2 aromatic heterocycles. The Kier molecular flexibility index (Phi) is 4.84. The van der Waals surface area contributed by atoms with Crippen LogP contribution in [0.25, 0.3) is 27.8 Å². The quantitative estimate of drug-likeness (QED) is 0.357. The average molecular weight is 444 g/mol. The maximum atomic E-state index is 11.8. The van der Waals surface area contributed by atoms with Gasteiger partial charge in [0.15, 0.2) is 5.69 Å². The molecule has 11 heteroatoms. The Morgan fingerprint density at radius 2 is 1.87 bits per heavy atom. The molecule has 2 heterocycles. The van der Waals surface area contributed by atoms with Gasteiger partial charge in [0, 0.05) is 33.8 Å². The predicted molar refractivity (Wildman–Crippen MR) is 110 cm³/mol. The first-order valence-electron chi connectivity index (χ1n) is 8.47. The minimum Gasteiger partial charge on any atom is -0.476 e. The van der Waals surface area contributed by atoms with Gasteiger partial charge in [-0.1, -0.05) is 28.4 Å². The molecule has 0 atom stereocenters. The largest absolute Gasteiger partial charge is 0.476 e. The van der Waals surface area contributed by atoms with Crippen molar-refractivity contribution in [3.8, 4) is 16.9 Å². The van der Waals surface area contributed by atoms with Crippen LogP contribution < -0.4 is 0 Å². The number of fused-ring (bicyclic) bond motifs is 1. The molecule has 0 radical (unpaired) electrons.